The molecule has 0 spiro atoms. The Kier molecular flexibility index (Phi) is 3.78. The second-order valence-corrected chi connectivity index (χ2v) is 5.23. The molecule has 1 saturated carbocycles. The first kappa shape index (κ1) is 13.2. The molecule has 18 heavy (non-hydrogen) atoms. The number of aliphatic hydroxyl groups is 1. The fraction of sp³-hybridized carbons (Fsp3) is 0.462. The molecule has 1 aromatic carbocycles. The number of carboxylic acid groups (broad SMARTS) is 1. The summed E-state index contributed by atoms with van der Waals surface area (Å²) in [6.45, 7) is 0.965. The van der Waals surface area contributed by atoms with Crippen LogP contribution in [0.3, 0.4) is 0 Å². The van der Waals surface area contributed by atoms with Crippen molar-refractivity contribution >= 4 is 23.3 Å². The van der Waals surface area contributed by atoms with Gasteiger partial charge in [-0.05, 0) is 42.9 Å². The van der Waals surface area contributed by atoms with E-state index in [1.807, 2.05) is 0 Å². The van der Waals surface area contributed by atoms with Crippen LogP contribution in [0.1, 0.15) is 29.6 Å². The molecule has 4 nitrogen and oxygen atoms in total. The van der Waals surface area contributed by atoms with E-state index in [-0.39, 0.29) is 17.6 Å². The number of benzene rings is 1. The van der Waals surface area contributed by atoms with Crippen molar-refractivity contribution in [2.75, 3.05) is 18.5 Å². The second-order valence-electron chi connectivity index (χ2n) is 4.83. The summed E-state index contributed by atoms with van der Waals surface area (Å²) >= 11 is 6.02. The minimum atomic E-state index is -0.984. The highest BCUT2D eigenvalue weighted by atomic mass is 35.5. The van der Waals surface area contributed by atoms with Crippen molar-refractivity contribution in [3.8, 4) is 0 Å². The van der Waals surface area contributed by atoms with Gasteiger partial charge in [-0.25, -0.2) is 4.79 Å². The smallest absolute Gasteiger partial charge is 0.335 e. The first-order valence-electron chi connectivity index (χ1n) is 5.94. The van der Waals surface area contributed by atoms with Crippen LogP contribution >= 0.6 is 11.6 Å². The van der Waals surface area contributed by atoms with Crippen LogP contribution in [0.2, 0.25) is 5.02 Å². The lowest BCUT2D eigenvalue weighted by Gasteiger charge is -2.16. The molecule has 1 aliphatic carbocycles. The summed E-state index contributed by atoms with van der Waals surface area (Å²) in [6.07, 6.45) is 3.03. The van der Waals surface area contributed by atoms with Gasteiger partial charge in [0.1, 0.15) is 0 Å². The molecule has 3 N–H and O–H groups in total. The van der Waals surface area contributed by atoms with Gasteiger partial charge in [-0.2, -0.15) is 0 Å². The van der Waals surface area contributed by atoms with Crippen molar-refractivity contribution in [2.24, 2.45) is 5.41 Å². The molecule has 0 unspecified atom stereocenters. The third-order valence-electron chi connectivity index (χ3n) is 3.47. The zero-order valence-electron chi connectivity index (χ0n) is 9.95. The second kappa shape index (κ2) is 5.16. The van der Waals surface area contributed by atoms with Gasteiger partial charge in [0.2, 0.25) is 0 Å². The largest absolute Gasteiger partial charge is 0.478 e. The summed E-state index contributed by atoms with van der Waals surface area (Å²) in [7, 11) is 0. The summed E-state index contributed by atoms with van der Waals surface area (Å²) in [6, 6.07) is 4.65. The van der Waals surface area contributed by atoms with E-state index >= 15 is 0 Å². The Hall–Kier alpha value is -1.26. The number of halogens is 1. The minimum absolute atomic E-state index is 0.182. The number of carbonyl (C=O) groups is 1. The van der Waals surface area contributed by atoms with E-state index in [2.05, 4.69) is 5.32 Å². The maximum atomic E-state index is 10.8. The monoisotopic (exact) mass is 269 g/mol. The molecule has 1 aliphatic rings. The Morgan fingerprint density at radius 2 is 2.17 bits per heavy atom. The SMILES string of the molecule is O=C(O)c1ccc(NCC2(CCO)CC2)c(Cl)c1. The van der Waals surface area contributed by atoms with Crippen LogP contribution < -0.4 is 5.32 Å². The molecule has 0 saturated heterocycles. The van der Waals surface area contributed by atoms with Gasteiger partial charge in [0.15, 0.2) is 0 Å². The molecule has 0 heterocycles. The highest BCUT2D eigenvalue weighted by Gasteiger charge is 2.41. The van der Waals surface area contributed by atoms with Crippen molar-refractivity contribution in [1.29, 1.82) is 0 Å². The van der Waals surface area contributed by atoms with Crippen molar-refractivity contribution in [1.82, 2.24) is 0 Å². The van der Waals surface area contributed by atoms with Crippen molar-refractivity contribution in [3.05, 3.63) is 28.8 Å². The van der Waals surface area contributed by atoms with E-state index in [9.17, 15) is 4.79 Å². The first-order valence-corrected chi connectivity index (χ1v) is 6.32. The first-order chi connectivity index (χ1) is 8.56. The fourth-order valence-corrected chi connectivity index (χ4v) is 2.25. The van der Waals surface area contributed by atoms with E-state index in [4.69, 9.17) is 21.8 Å². The van der Waals surface area contributed by atoms with Gasteiger partial charge in [-0.3, -0.25) is 0 Å². The Morgan fingerprint density at radius 1 is 1.44 bits per heavy atom. The highest BCUT2D eigenvalue weighted by Crippen LogP contribution is 2.48. The van der Waals surface area contributed by atoms with Crippen LogP contribution in [0.5, 0.6) is 0 Å². The third-order valence-corrected chi connectivity index (χ3v) is 3.78. The third kappa shape index (κ3) is 2.94. The number of aliphatic hydroxyl groups excluding tert-OH is 1. The van der Waals surface area contributed by atoms with E-state index in [0.717, 1.165) is 31.5 Å². The summed E-state index contributed by atoms with van der Waals surface area (Å²) < 4.78 is 0. The van der Waals surface area contributed by atoms with Crippen molar-refractivity contribution in [2.45, 2.75) is 19.3 Å². The van der Waals surface area contributed by atoms with Gasteiger partial charge >= 0.3 is 5.97 Å². The Balaban J connectivity index is 2.00. The normalized spacial score (nSPS) is 16.3. The van der Waals surface area contributed by atoms with Crippen LogP contribution in [0, 0.1) is 5.41 Å². The summed E-state index contributed by atoms with van der Waals surface area (Å²) in [4.78, 5) is 10.8. The van der Waals surface area contributed by atoms with Crippen molar-refractivity contribution < 1.29 is 15.0 Å². The maximum absolute atomic E-state index is 10.8. The molecule has 0 aromatic heterocycles. The Morgan fingerprint density at radius 3 is 2.67 bits per heavy atom. The van der Waals surface area contributed by atoms with E-state index in [1.54, 1.807) is 6.07 Å². The fourth-order valence-electron chi connectivity index (χ4n) is 2.00. The lowest BCUT2D eigenvalue weighted by molar-refractivity contribution is 0.0697. The zero-order valence-corrected chi connectivity index (χ0v) is 10.7. The molecule has 0 bridgehead atoms. The Bertz CT molecular complexity index is 458. The average Bonchev–Trinajstić information content (AvgIpc) is 3.08. The molecule has 98 valence electrons. The molecule has 0 radical (unpaired) electrons. The standard InChI is InChI=1S/C13H16ClNO3/c14-10-7-9(12(17)18)1-2-11(10)15-8-13(3-4-13)5-6-16/h1-2,7,15-16H,3-6,8H2,(H,17,18). The van der Waals surface area contributed by atoms with Gasteiger partial charge < -0.3 is 15.5 Å². The van der Waals surface area contributed by atoms with Crippen LogP contribution in [0.15, 0.2) is 18.2 Å². The van der Waals surface area contributed by atoms with E-state index < -0.39 is 5.97 Å². The molecule has 0 aliphatic heterocycles. The summed E-state index contributed by atoms with van der Waals surface area (Å²) in [5, 5.41) is 21.4. The molecule has 2 rings (SSSR count). The summed E-state index contributed by atoms with van der Waals surface area (Å²) in [5.41, 5.74) is 1.12. The molecule has 5 heteroatoms. The van der Waals surface area contributed by atoms with Gasteiger partial charge in [-0.15, -0.1) is 0 Å². The summed E-state index contributed by atoms with van der Waals surface area (Å²) in [5.74, 6) is -0.984. The quantitative estimate of drug-likeness (QED) is 0.742. The van der Waals surface area contributed by atoms with Gasteiger partial charge in [-0.1, -0.05) is 11.6 Å². The Labute approximate surface area is 111 Å². The van der Waals surface area contributed by atoms with Crippen LogP contribution in [0.4, 0.5) is 5.69 Å². The molecular formula is C13H16ClNO3. The average molecular weight is 270 g/mol. The number of carboxylic acids is 1. The molecule has 1 aromatic rings. The molecule has 0 amide bonds. The number of nitrogens with one attached hydrogen (secondary N) is 1. The number of rotatable bonds is 6. The van der Waals surface area contributed by atoms with Gasteiger partial charge in [0.05, 0.1) is 16.3 Å². The number of hydrogen-bond donors (Lipinski definition) is 3. The number of hydrogen-bond acceptors (Lipinski definition) is 3. The lowest BCUT2D eigenvalue weighted by Crippen LogP contribution is -2.17. The predicted molar refractivity (Wildman–Crippen MR) is 70.3 cm³/mol. The van der Waals surface area contributed by atoms with Gasteiger partial charge in [0.25, 0.3) is 0 Å². The number of aromatic carboxylic acids is 1. The topological polar surface area (TPSA) is 69.6 Å². The van der Waals surface area contributed by atoms with Crippen molar-refractivity contribution in [3.63, 3.8) is 0 Å². The van der Waals surface area contributed by atoms with Gasteiger partial charge in [0, 0.05) is 13.2 Å². The van der Waals surface area contributed by atoms with Crippen LogP contribution in [-0.2, 0) is 0 Å². The minimum Gasteiger partial charge on any atom is -0.478 e. The highest BCUT2D eigenvalue weighted by molar-refractivity contribution is 6.33. The predicted octanol–water partition coefficient (Wildman–Crippen LogP) is 2.61. The zero-order chi connectivity index (χ0) is 13.2. The molecular weight excluding hydrogens is 254 g/mol. The molecule has 0 atom stereocenters. The molecule has 1 fully saturated rings. The van der Waals surface area contributed by atoms with E-state index in [0.29, 0.717) is 5.02 Å². The van der Waals surface area contributed by atoms with Crippen LogP contribution in [-0.4, -0.2) is 29.3 Å². The van der Waals surface area contributed by atoms with E-state index in [1.165, 1.54) is 12.1 Å². The maximum Gasteiger partial charge on any atom is 0.335 e. The van der Waals surface area contributed by atoms with Crippen LogP contribution in [0.25, 0.3) is 0 Å². The number of anilines is 1. The lowest BCUT2D eigenvalue weighted by atomic mass is 10.0.